The Bertz CT molecular complexity index is 1030. The zero-order valence-corrected chi connectivity index (χ0v) is 17.1. The normalized spacial score (nSPS) is 10.6. The number of hydrogen-bond donors (Lipinski definition) is 1. The standard InChI is InChI=1S/C20H18FNO4S2/c1-11-12(2)28-19(17(11)20(24)25-3)22-18(23)16-7-13(10-27-16)9-26-15-6-4-5-14(21)8-15/h4-8,10H,9H2,1-3H3,(H,22,23). The van der Waals surface area contributed by atoms with Crippen molar-refractivity contribution in [3.8, 4) is 5.75 Å². The van der Waals surface area contributed by atoms with Gasteiger partial charge in [0.15, 0.2) is 0 Å². The largest absolute Gasteiger partial charge is 0.489 e. The van der Waals surface area contributed by atoms with Crippen LogP contribution in [0.25, 0.3) is 0 Å². The summed E-state index contributed by atoms with van der Waals surface area (Å²) < 4.78 is 23.6. The summed E-state index contributed by atoms with van der Waals surface area (Å²) in [5.74, 6) is -0.740. The molecule has 0 aliphatic rings. The number of anilines is 1. The summed E-state index contributed by atoms with van der Waals surface area (Å²) in [6, 6.07) is 7.59. The lowest BCUT2D eigenvalue weighted by Crippen LogP contribution is -2.13. The number of amides is 1. The molecule has 3 aromatic rings. The Morgan fingerprint density at radius 2 is 2.00 bits per heavy atom. The van der Waals surface area contributed by atoms with E-state index in [2.05, 4.69) is 5.32 Å². The van der Waals surface area contributed by atoms with E-state index in [1.54, 1.807) is 23.6 Å². The first-order valence-electron chi connectivity index (χ1n) is 8.34. The summed E-state index contributed by atoms with van der Waals surface area (Å²) in [6.45, 7) is 3.92. The fourth-order valence-electron chi connectivity index (χ4n) is 2.52. The Morgan fingerprint density at radius 3 is 2.71 bits per heavy atom. The Balaban J connectivity index is 1.69. The molecule has 0 radical (unpaired) electrons. The van der Waals surface area contributed by atoms with Crippen LogP contribution in [-0.2, 0) is 11.3 Å². The average Bonchev–Trinajstić information content (AvgIpc) is 3.25. The molecule has 0 saturated carbocycles. The topological polar surface area (TPSA) is 64.6 Å². The lowest BCUT2D eigenvalue weighted by atomic mass is 10.1. The van der Waals surface area contributed by atoms with Gasteiger partial charge in [-0.05, 0) is 43.0 Å². The monoisotopic (exact) mass is 419 g/mol. The van der Waals surface area contributed by atoms with E-state index in [-0.39, 0.29) is 18.3 Å². The van der Waals surface area contributed by atoms with Crippen molar-refractivity contribution in [1.82, 2.24) is 0 Å². The van der Waals surface area contributed by atoms with Crippen LogP contribution in [-0.4, -0.2) is 19.0 Å². The lowest BCUT2D eigenvalue weighted by Gasteiger charge is -2.05. The first-order chi connectivity index (χ1) is 13.4. The van der Waals surface area contributed by atoms with Crippen LogP contribution in [0.15, 0.2) is 35.7 Å². The van der Waals surface area contributed by atoms with Crippen molar-refractivity contribution in [3.05, 3.63) is 68.0 Å². The molecular formula is C20H18FNO4S2. The number of halogens is 1. The van der Waals surface area contributed by atoms with Crippen LogP contribution in [0, 0.1) is 19.7 Å². The molecule has 0 saturated heterocycles. The number of ether oxygens (including phenoxy) is 2. The molecule has 8 heteroatoms. The van der Waals surface area contributed by atoms with E-state index >= 15 is 0 Å². The van der Waals surface area contributed by atoms with Crippen molar-refractivity contribution in [2.24, 2.45) is 0 Å². The molecule has 0 bridgehead atoms. The quantitative estimate of drug-likeness (QED) is 0.559. The molecule has 5 nitrogen and oxygen atoms in total. The first kappa shape index (κ1) is 20.0. The van der Waals surface area contributed by atoms with Crippen molar-refractivity contribution < 1.29 is 23.5 Å². The number of hydrogen-bond acceptors (Lipinski definition) is 6. The van der Waals surface area contributed by atoms with Gasteiger partial charge >= 0.3 is 5.97 Å². The van der Waals surface area contributed by atoms with Crippen molar-refractivity contribution in [2.75, 3.05) is 12.4 Å². The predicted octanol–water partition coefficient (Wildman–Crippen LogP) is 5.18. The number of methoxy groups -OCH3 is 1. The number of carbonyl (C=O) groups is 2. The second-order valence-electron chi connectivity index (χ2n) is 6.00. The van der Waals surface area contributed by atoms with Gasteiger partial charge in [0.25, 0.3) is 5.91 Å². The van der Waals surface area contributed by atoms with E-state index in [0.29, 0.717) is 21.2 Å². The van der Waals surface area contributed by atoms with Gasteiger partial charge in [-0.3, -0.25) is 4.79 Å². The number of thiophene rings is 2. The van der Waals surface area contributed by atoms with Gasteiger partial charge < -0.3 is 14.8 Å². The number of aryl methyl sites for hydroxylation is 1. The van der Waals surface area contributed by atoms with Crippen molar-refractivity contribution >= 4 is 39.6 Å². The van der Waals surface area contributed by atoms with E-state index in [0.717, 1.165) is 16.0 Å². The van der Waals surface area contributed by atoms with E-state index < -0.39 is 5.97 Å². The van der Waals surface area contributed by atoms with Gasteiger partial charge in [-0.1, -0.05) is 6.07 Å². The SMILES string of the molecule is COC(=O)c1c(NC(=O)c2cc(COc3cccc(F)c3)cs2)sc(C)c1C. The smallest absolute Gasteiger partial charge is 0.341 e. The molecule has 0 aliphatic carbocycles. The average molecular weight is 419 g/mol. The molecule has 1 aromatic carbocycles. The van der Waals surface area contributed by atoms with Crippen LogP contribution in [0.1, 0.15) is 36.0 Å². The van der Waals surface area contributed by atoms with Gasteiger partial charge in [-0.2, -0.15) is 0 Å². The zero-order valence-electron chi connectivity index (χ0n) is 15.5. The number of benzene rings is 1. The minimum absolute atomic E-state index is 0.220. The molecule has 0 fully saturated rings. The number of esters is 1. The molecule has 146 valence electrons. The van der Waals surface area contributed by atoms with Gasteiger partial charge in [0.2, 0.25) is 0 Å². The van der Waals surface area contributed by atoms with Crippen LogP contribution < -0.4 is 10.1 Å². The van der Waals surface area contributed by atoms with E-state index in [1.165, 1.54) is 41.9 Å². The fraction of sp³-hybridized carbons (Fsp3) is 0.200. The second-order valence-corrected chi connectivity index (χ2v) is 8.13. The third-order valence-corrected chi connectivity index (χ3v) is 6.18. The molecule has 0 spiro atoms. The minimum atomic E-state index is -0.479. The van der Waals surface area contributed by atoms with Crippen molar-refractivity contribution in [2.45, 2.75) is 20.5 Å². The Morgan fingerprint density at radius 1 is 1.21 bits per heavy atom. The molecule has 1 amide bonds. The molecule has 2 heterocycles. The summed E-state index contributed by atoms with van der Waals surface area (Å²) in [4.78, 5) is 26.0. The highest BCUT2D eigenvalue weighted by molar-refractivity contribution is 7.17. The predicted molar refractivity (Wildman–Crippen MR) is 108 cm³/mol. The molecule has 3 rings (SSSR count). The van der Waals surface area contributed by atoms with Crippen LogP contribution >= 0.6 is 22.7 Å². The summed E-state index contributed by atoms with van der Waals surface area (Å²) in [5, 5.41) is 5.07. The highest BCUT2D eigenvalue weighted by Gasteiger charge is 2.22. The van der Waals surface area contributed by atoms with Crippen LogP contribution in [0.3, 0.4) is 0 Å². The molecule has 0 unspecified atom stereocenters. The Labute approximate surface area is 169 Å². The van der Waals surface area contributed by atoms with E-state index in [1.807, 2.05) is 13.8 Å². The van der Waals surface area contributed by atoms with Crippen LogP contribution in [0.4, 0.5) is 9.39 Å². The summed E-state index contributed by atoms with van der Waals surface area (Å²) in [7, 11) is 1.31. The number of carbonyl (C=O) groups excluding carboxylic acids is 2. The van der Waals surface area contributed by atoms with Crippen LogP contribution in [0.2, 0.25) is 0 Å². The number of nitrogens with one attached hydrogen (secondary N) is 1. The third kappa shape index (κ3) is 4.40. The molecule has 2 aromatic heterocycles. The van der Waals surface area contributed by atoms with Crippen molar-refractivity contribution in [1.29, 1.82) is 0 Å². The minimum Gasteiger partial charge on any atom is -0.489 e. The first-order valence-corrected chi connectivity index (χ1v) is 10.0. The zero-order chi connectivity index (χ0) is 20.3. The summed E-state index contributed by atoms with van der Waals surface area (Å²) in [6.07, 6.45) is 0. The van der Waals surface area contributed by atoms with E-state index in [4.69, 9.17) is 9.47 Å². The molecular weight excluding hydrogens is 401 g/mol. The maximum absolute atomic E-state index is 13.2. The lowest BCUT2D eigenvalue weighted by molar-refractivity contribution is 0.0601. The third-order valence-electron chi connectivity index (χ3n) is 4.08. The maximum atomic E-state index is 13.2. The molecule has 28 heavy (non-hydrogen) atoms. The van der Waals surface area contributed by atoms with Gasteiger partial charge in [0.1, 0.15) is 23.2 Å². The molecule has 0 atom stereocenters. The van der Waals surface area contributed by atoms with Gasteiger partial charge in [-0.25, -0.2) is 9.18 Å². The van der Waals surface area contributed by atoms with Crippen molar-refractivity contribution in [3.63, 3.8) is 0 Å². The maximum Gasteiger partial charge on any atom is 0.341 e. The van der Waals surface area contributed by atoms with Crippen LogP contribution in [0.5, 0.6) is 5.75 Å². The molecule has 1 N–H and O–H groups in total. The summed E-state index contributed by atoms with van der Waals surface area (Å²) >= 11 is 2.60. The Hall–Kier alpha value is -2.71. The van der Waals surface area contributed by atoms with Gasteiger partial charge in [-0.15, -0.1) is 22.7 Å². The van der Waals surface area contributed by atoms with E-state index in [9.17, 15) is 14.0 Å². The number of rotatable bonds is 6. The second kappa shape index (κ2) is 8.53. The molecule has 0 aliphatic heterocycles. The van der Waals surface area contributed by atoms with Gasteiger partial charge in [0, 0.05) is 16.5 Å². The van der Waals surface area contributed by atoms with Gasteiger partial charge in [0.05, 0.1) is 17.6 Å². The summed E-state index contributed by atoms with van der Waals surface area (Å²) in [5.41, 5.74) is 1.97. The highest BCUT2D eigenvalue weighted by Crippen LogP contribution is 2.33. The fourth-order valence-corrected chi connectivity index (χ4v) is 4.36. The Kier molecular flexibility index (Phi) is 6.11. The highest BCUT2D eigenvalue weighted by atomic mass is 32.1.